The van der Waals surface area contributed by atoms with Gasteiger partial charge in [-0.15, -0.1) is 0 Å². The molecule has 1 fully saturated rings. The molecule has 298 valence electrons. The molecule has 6 unspecified atom stereocenters. The van der Waals surface area contributed by atoms with E-state index < -0.39 is 12.4 Å². The summed E-state index contributed by atoms with van der Waals surface area (Å²) in [7, 11) is -5.72. The Hall–Kier alpha value is -2.29. The fourth-order valence-corrected chi connectivity index (χ4v) is 12.9. The SMILES string of the molecule is CCC(C)c1cc(C(C)CC)c2cc(C3(P(O)(O)(O)c4cc5c(C(C)CC)cc(C(C)CC)cc5cc4C(C)CC)CCCCC3)c(C(C)CC)cc2c1. The van der Waals surface area contributed by atoms with Crippen molar-refractivity contribution in [2.24, 2.45) is 0 Å². The number of rotatable bonds is 15. The summed E-state index contributed by atoms with van der Waals surface area (Å²) in [6.45, 7) is 27.1. The first-order chi connectivity index (χ1) is 25.5. The molecule has 3 N–H and O–H groups in total. The molecule has 0 heterocycles. The van der Waals surface area contributed by atoms with Crippen molar-refractivity contribution in [2.75, 3.05) is 0 Å². The Bertz CT molecular complexity index is 1930. The van der Waals surface area contributed by atoms with Gasteiger partial charge in [0.1, 0.15) is 0 Å². The van der Waals surface area contributed by atoms with Gasteiger partial charge in [-0.25, -0.2) is 0 Å². The first-order valence-electron chi connectivity index (χ1n) is 22.0. The van der Waals surface area contributed by atoms with Gasteiger partial charge < -0.3 is 0 Å². The molecule has 0 amide bonds. The van der Waals surface area contributed by atoms with E-state index in [9.17, 15) is 14.7 Å². The van der Waals surface area contributed by atoms with Crippen LogP contribution in [-0.4, -0.2) is 14.7 Å². The van der Waals surface area contributed by atoms with Gasteiger partial charge in [0.2, 0.25) is 0 Å². The third-order valence-corrected chi connectivity index (χ3v) is 18.2. The van der Waals surface area contributed by atoms with Crippen molar-refractivity contribution in [1.29, 1.82) is 0 Å². The summed E-state index contributed by atoms with van der Waals surface area (Å²) in [5, 5.41) is 3.83. The summed E-state index contributed by atoms with van der Waals surface area (Å²) in [5.74, 6) is 1.76. The standard InChI is InChI=1S/C50H75O3P/c1-13-32(7)38-24-40-28-44(36(11)17-5)48(30-46(40)42(26-38)34(9)15-3)50(22-20-19-21-23-50)54(51,52,53)49-31-47-41(29-45(49)37(12)18-6)25-39(33(8)14-2)27-43(47)35(10)16-4/h24-37,51-53H,13-23H2,1-12H3. The quantitative estimate of drug-likeness (QED) is 0.106. The van der Waals surface area contributed by atoms with Crippen LogP contribution in [0.2, 0.25) is 0 Å². The molecule has 5 rings (SSSR count). The van der Waals surface area contributed by atoms with Gasteiger partial charge in [-0.3, -0.25) is 0 Å². The zero-order valence-electron chi connectivity index (χ0n) is 36.1. The van der Waals surface area contributed by atoms with Gasteiger partial charge in [-0.1, -0.05) is 0 Å². The molecule has 0 saturated heterocycles. The molecule has 4 aromatic rings. The third kappa shape index (κ3) is 7.46. The second kappa shape index (κ2) is 16.7. The van der Waals surface area contributed by atoms with Gasteiger partial charge in [-0.2, -0.15) is 0 Å². The molecular weight excluding hydrogens is 680 g/mol. The third-order valence-electron chi connectivity index (χ3n) is 14.7. The van der Waals surface area contributed by atoms with Crippen LogP contribution in [0.1, 0.15) is 228 Å². The molecule has 0 aromatic heterocycles. The van der Waals surface area contributed by atoms with Crippen LogP contribution in [0.5, 0.6) is 0 Å². The van der Waals surface area contributed by atoms with E-state index in [0.29, 0.717) is 41.8 Å². The van der Waals surface area contributed by atoms with Crippen molar-refractivity contribution in [1.82, 2.24) is 0 Å². The summed E-state index contributed by atoms with van der Waals surface area (Å²) in [4.78, 5) is 40.8. The van der Waals surface area contributed by atoms with Crippen LogP contribution in [0.3, 0.4) is 0 Å². The second-order valence-electron chi connectivity index (χ2n) is 17.9. The Morgan fingerprint density at radius 3 is 1.30 bits per heavy atom. The summed E-state index contributed by atoms with van der Waals surface area (Å²) in [5.41, 5.74) is 8.32. The number of hydrogen-bond acceptors (Lipinski definition) is 3. The van der Waals surface area contributed by atoms with E-state index in [2.05, 4.69) is 132 Å². The Morgan fingerprint density at radius 2 is 0.852 bits per heavy atom. The molecule has 54 heavy (non-hydrogen) atoms. The fraction of sp³-hybridized carbons (Fsp3) is 0.600. The normalized spacial score (nSPS) is 19.2. The molecule has 0 radical (unpaired) electrons. The summed E-state index contributed by atoms with van der Waals surface area (Å²) in [6, 6.07) is 18.5. The van der Waals surface area contributed by atoms with Gasteiger partial charge in [0.25, 0.3) is 0 Å². The summed E-state index contributed by atoms with van der Waals surface area (Å²) < 4.78 is 0. The molecule has 1 saturated carbocycles. The van der Waals surface area contributed by atoms with Crippen molar-refractivity contribution in [2.45, 2.75) is 194 Å². The van der Waals surface area contributed by atoms with E-state index in [-0.39, 0.29) is 11.8 Å². The average molecular weight is 755 g/mol. The maximum atomic E-state index is 13.6. The molecule has 0 bridgehead atoms. The van der Waals surface area contributed by atoms with Gasteiger partial charge in [0.15, 0.2) is 0 Å². The number of benzene rings is 4. The van der Waals surface area contributed by atoms with E-state index in [4.69, 9.17) is 0 Å². The zero-order chi connectivity index (χ0) is 39.8. The molecule has 4 heteroatoms. The van der Waals surface area contributed by atoms with Crippen LogP contribution in [0.15, 0.2) is 48.5 Å². The van der Waals surface area contributed by atoms with E-state index >= 15 is 0 Å². The maximum absolute atomic E-state index is 13.6. The summed E-state index contributed by atoms with van der Waals surface area (Å²) in [6.07, 6.45) is 9.77. The van der Waals surface area contributed by atoms with Crippen LogP contribution >= 0.6 is 7.28 Å². The molecule has 4 aromatic carbocycles. The van der Waals surface area contributed by atoms with Crippen molar-refractivity contribution in [3.05, 3.63) is 87.5 Å². The van der Waals surface area contributed by atoms with Gasteiger partial charge in [0, 0.05) is 0 Å². The van der Waals surface area contributed by atoms with Crippen molar-refractivity contribution in [3.8, 4) is 0 Å². The van der Waals surface area contributed by atoms with Crippen molar-refractivity contribution >= 4 is 34.1 Å². The van der Waals surface area contributed by atoms with Crippen LogP contribution in [0.25, 0.3) is 21.5 Å². The predicted molar refractivity (Wildman–Crippen MR) is 238 cm³/mol. The van der Waals surface area contributed by atoms with Crippen LogP contribution in [0.4, 0.5) is 0 Å². The monoisotopic (exact) mass is 755 g/mol. The zero-order valence-corrected chi connectivity index (χ0v) is 37.0. The molecule has 0 spiro atoms. The van der Waals surface area contributed by atoms with Crippen LogP contribution in [-0.2, 0) is 5.16 Å². The molecule has 1 aliphatic carbocycles. The topological polar surface area (TPSA) is 60.7 Å². The Balaban J connectivity index is 1.94. The van der Waals surface area contributed by atoms with Gasteiger partial charge >= 0.3 is 331 Å². The summed E-state index contributed by atoms with van der Waals surface area (Å²) >= 11 is 0. The number of hydrogen-bond donors (Lipinski definition) is 3. The predicted octanol–water partition coefficient (Wildman–Crippen LogP) is 14.8. The second-order valence-corrected chi connectivity index (χ2v) is 21.2. The molecular formula is C50H75O3P. The molecule has 0 aliphatic heterocycles. The molecule has 1 aliphatic rings. The van der Waals surface area contributed by atoms with E-state index in [1.165, 1.54) is 38.6 Å². The minimum atomic E-state index is -5.72. The van der Waals surface area contributed by atoms with Crippen LogP contribution < -0.4 is 5.30 Å². The molecule has 3 nitrogen and oxygen atoms in total. The van der Waals surface area contributed by atoms with E-state index in [1.807, 2.05) is 0 Å². The Labute approximate surface area is 329 Å². The fourth-order valence-electron chi connectivity index (χ4n) is 9.52. The first-order valence-corrected chi connectivity index (χ1v) is 24.1. The van der Waals surface area contributed by atoms with Gasteiger partial charge in [0.05, 0.1) is 0 Å². The Morgan fingerprint density at radius 1 is 0.463 bits per heavy atom. The minimum absolute atomic E-state index is 0.0407. The van der Waals surface area contributed by atoms with Gasteiger partial charge in [-0.05, 0) is 0 Å². The van der Waals surface area contributed by atoms with E-state index in [1.54, 1.807) is 0 Å². The molecule has 6 atom stereocenters. The van der Waals surface area contributed by atoms with Crippen molar-refractivity contribution in [3.63, 3.8) is 0 Å². The Kier molecular flexibility index (Phi) is 13.2. The first kappa shape index (κ1) is 42.8. The van der Waals surface area contributed by atoms with Crippen LogP contribution in [0, 0.1) is 0 Å². The van der Waals surface area contributed by atoms with E-state index in [0.717, 1.165) is 79.7 Å². The number of fused-ring (bicyclic) bond motifs is 2. The average Bonchev–Trinajstić information content (AvgIpc) is 3.19. The van der Waals surface area contributed by atoms with Crippen molar-refractivity contribution < 1.29 is 14.7 Å².